The largest absolute Gasteiger partial charge is 0.368 e. The van der Waals surface area contributed by atoms with Crippen LogP contribution in [-0.2, 0) is 9.53 Å². The van der Waals surface area contributed by atoms with E-state index < -0.39 is 11.5 Å². The van der Waals surface area contributed by atoms with Crippen LogP contribution in [0.2, 0.25) is 0 Å². The highest BCUT2D eigenvalue weighted by Crippen LogP contribution is 2.28. The Morgan fingerprint density at radius 2 is 1.96 bits per heavy atom. The van der Waals surface area contributed by atoms with Crippen molar-refractivity contribution in [2.75, 3.05) is 18.9 Å². The van der Waals surface area contributed by atoms with E-state index in [0.29, 0.717) is 25.4 Å². The zero-order chi connectivity index (χ0) is 20.8. The van der Waals surface area contributed by atoms with E-state index in [1.807, 2.05) is 11.9 Å². The van der Waals surface area contributed by atoms with Crippen LogP contribution in [0.5, 0.6) is 0 Å². The van der Waals surface area contributed by atoms with Gasteiger partial charge in [0.1, 0.15) is 12.8 Å². The molecule has 4 nitrogen and oxygen atoms in total. The van der Waals surface area contributed by atoms with Crippen molar-refractivity contribution in [3.8, 4) is 0 Å². The third kappa shape index (κ3) is 11.0. The lowest BCUT2D eigenvalue weighted by Crippen LogP contribution is -2.36. The first-order chi connectivity index (χ1) is 13.5. The van der Waals surface area contributed by atoms with Crippen molar-refractivity contribution in [2.45, 2.75) is 88.4 Å². The average Bonchev–Trinajstić information content (AvgIpc) is 2.71. The standard InChI is InChI=1S/C19H34ClFN2O2S.C2H4/c1-14(23-26-13-15-5-3-2-4-6-15)9-10-22-19(24)12-25-16-7-8-17(20)18(21)11-16;1-2/h14-18,23H,2-13H2,1H3,(H,22,24);1-2H2. The molecule has 0 saturated heterocycles. The topological polar surface area (TPSA) is 50.4 Å². The van der Waals surface area contributed by atoms with Gasteiger partial charge >= 0.3 is 0 Å². The summed E-state index contributed by atoms with van der Waals surface area (Å²) >= 11 is 7.68. The molecule has 4 unspecified atom stereocenters. The fourth-order valence-electron chi connectivity index (χ4n) is 3.59. The molecule has 1 amide bonds. The van der Waals surface area contributed by atoms with Gasteiger partial charge in [0.15, 0.2) is 0 Å². The number of carbonyl (C=O) groups is 1. The van der Waals surface area contributed by atoms with E-state index in [1.54, 1.807) is 0 Å². The summed E-state index contributed by atoms with van der Waals surface area (Å²) in [6.07, 6.45) is 8.19. The highest BCUT2D eigenvalue weighted by Gasteiger charge is 2.29. The van der Waals surface area contributed by atoms with Crippen LogP contribution in [0.15, 0.2) is 13.2 Å². The number of hydrogen-bond acceptors (Lipinski definition) is 4. The normalized spacial score (nSPS) is 26.8. The van der Waals surface area contributed by atoms with Crippen molar-refractivity contribution in [3.63, 3.8) is 0 Å². The van der Waals surface area contributed by atoms with E-state index in [4.69, 9.17) is 16.3 Å². The molecule has 2 saturated carbocycles. The van der Waals surface area contributed by atoms with Gasteiger partial charge in [-0.15, -0.1) is 24.8 Å². The Balaban J connectivity index is 0.00000190. The summed E-state index contributed by atoms with van der Waals surface area (Å²) in [7, 11) is 0. The van der Waals surface area contributed by atoms with Gasteiger partial charge in [0.05, 0.1) is 11.5 Å². The zero-order valence-corrected chi connectivity index (χ0v) is 18.8. The highest BCUT2D eigenvalue weighted by molar-refractivity contribution is 7.97. The second-order valence-electron chi connectivity index (χ2n) is 7.75. The van der Waals surface area contributed by atoms with Gasteiger partial charge in [-0.3, -0.25) is 9.52 Å². The summed E-state index contributed by atoms with van der Waals surface area (Å²) in [5.41, 5.74) is 0. The van der Waals surface area contributed by atoms with Crippen LogP contribution in [0.25, 0.3) is 0 Å². The van der Waals surface area contributed by atoms with Crippen LogP contribution >= 0.6 is 23.5 Å². The maximum atomic E-state index is 13.5. The summed E-state index contributed by atoms with van der Waals surface area (Å²) in [4.78, 5) is 11.9. The monoisotopic (exact) mass is 436 g/mol. The van der Waals surface area contributed by atoms with Crippen molar-refractivity contribution < 1.29 is 13.9 Å². The quantitative estimate of drug-likeness (QED) is 0.287. The lowest BCUT2D eigenvalue weighted by molar-refractivity contribution is -0.128. The van der Waals surface area contributed by atoms with Crippen molar-refractivity contribution >= 4 is 29.5 Å². The molecule has 0 aromatic heterocycles. The van der Waals surface area contributed by atoms with E-state index in [0.717, 1.165) is 18.8 Å². The zero-order valence-electron chi connectivity index (χ0n) is 17.3. The predicted octanol–water partition coefficient (Wildman–Crippen LogP) is 5.02. The molecule has 7 heteroatoms. The summed E-state index contributed by atoms with van der Waals surface area (Å²) in [5.74, 6) is 1.92. The minimum atomic E-state index is -1.03. The lowest BCUT2D eigenvalue weighted by Gasteiger charge is -2.28. The Kier molecular flexibility index (Phi) is 14.3. The van der Waals surface area contributed by atoms with Gasteiger partial charge < -0.3 is 10.1 Å². The molecule has 0 aromatic rings. The minimum Gasteiger partial charge on any atom is -0.368 e. The number of nitrogens with one attached hydrogen (secondary N) is 2. The van der Waals surface area contributed by atoms with E-state index in [9.17, 15) is 9.18 Å². The molecule has 0 heterocycles. The maximum Gasteiger partial charge on any atom is 0.246 e. The van der Waals surface area contributed by atoms with Crippen molar-refractivity contribution in [1.29, 1.82) is 0 Å². The first kappa shape index (κ1) is 25.7. The molecule has 0 aliphatic heterocycles. The van der Waals surface area contributed by atoms with Crippen LogP contribution in [-0.4, -0.2) is 48.5 Å². The molecule has 0 aromatic carbocycles. The second kappa shape index (κ2) is 15.5. The Morgan fingerprint density at radius 3 is 2.64 bits per heavy atom. The van der Waals surface area contributed by atoms with Gasteiger partial charge in [0, 0.05) is 24.8 Å². The van der Waals surface area contributed by atoms with Gasteiger partial charge in [-0.2, -0.15) is 0 Å². The Bertz CT molecular complexity index is 427. The molecule has 2 aliphatic rings. The van der Waals surface area contributed by atoms with Crippen LogP contribution in [0.4, 0.5) is 4.39 Å². The molecule has 0 spiro atoms. The highest BCUT2D eigenvalue weighted by atomic mass is 35.5. The number of rotatable bonds is 10. The molecule has 2 rings (SSSR count). The van der Waals surface area contributed by atoms with Crippen LogP contribution in [0.1, 0.15) is 64.7 Å². The lowest BCUT2D eigenvalue weighted by atomic mass is 9.91. The van der Waals surface area contributed by atoms with Crippen molar-refractivity contribution in [1.82, 2.24) is 10.0 Å². The van der Waals surface area contributed by atoms with E-state index in [-0.39, 0.29) is 18.6 Å². The summed E-state index contributed by atoms with van der Waals surface area (Å²) in [6, 6.07) is 0.358. The van der Waals surface area contributed by atoms with E-state index >= 15 is 0 Å². The summed E-state index contributed by atoms with van der Waals surface area (Å²) in [6.45, 7) is 8.77. The van der Waals surface area contributed by atoms with Gasteiger partial charge in [0.25, 0.3) is 0 Å². The Hall–Kier alpha value is -0.300. The van der Waals surface area contributed by atoms with Gasteiger partial charge in [-0.1, -0.05) is 31.2 Å². The summed E-state index contributed by atoms with van der Waals surface area (Å²) < 4.78 is 22.5. The third-order valence-electron chi connectivity index (χ3n) is 5.32. The van der Waals surface area contributed by atoms with Crippen LogP contribution in [0, 0.1) is 5.92 Å². The fourth-order valence-corrected chi connectivity index (χ4v) is 4.88. The average molecular weight is 437 g/mol. The van der Waals surface area contributed by atoms with Crippen molar-refractivity contribution in [2.24, 2.45) is 5.92 Å². The maximum absolute atomic E-state index is 13.5. The van der Waals surface area contributed by atoms with E-state index in [2.05, 4.69) is 30.1 Å². The molecule has 2 aliphatic carbocycles. The molecule has 2 N–H and O–H groups in total. The van der Waals surface area contributed by atoms with Crippen LogP contribution in [0.3, 0.4) is 0 Å². The molecule has 0 bridgehead atoms. The van der Waals surface area contributed by atoms with Crippen LogP contribution < -0.4 is 10.0 Å². The molecule has 164 valence electrons. The van der Waals surface area contributed by atoms with Gasteiger partial charge in [0.2, 0.25) is 5.91 Å². The SMILES string of the molecule is C=C.CC(CCNC(=O)COC1CCC(Cl)C(F)C1)NSCC1CCCCC1. The number of ether oxygens (including phenoxy) is 1. The Labute approximate surface area is 179 Å². The Morgan fingerprint density at radius 1 is 1.25 bits per heavy atom. The number of alkyl halides is 2. The number of carbonyl (C=O) groups excluding carboxylic acids is 1. The first-order valence-corrected chi connectivity index (χ1v) is 12.0. The third-order valence-corrected chi connectivity index (χ3v) is 7.02. The molecular formula is C21H38ClFN2O2S. The minimum absolute atomic E-state index is 0.00256. The van der Waals surface area contributed by atoms with Gasteiger partial charge in [-0.05, 0) is 44.9 Å². The fraction of sp³-hybridized carbons (Fsp3) is 0.857. The summed E-state index contributed by atoms with van der Waals surface area (Å²) in [5, 5.41) is 2.47. The second-order valence-corrected chi connectivity index (χ2v) is 9.17. The van der Waals surface area contributed by atoms with E-state index in [1.165, 1.54) is 37.9 Å². The molecule has 0 radical (unpaired) electrons. The first-order valence-electron chi connectivity index (χ1n) is 10.6. The molecule has 4 atom stereocenters. The van der Waals surface area contributed by atoms with Gasteiger partial charge in [-0.25, -0.2) is 4.39 Å². The molecule has 2 fully saturated rings. The molecule has 28 heavy (non-hydrogen) atoms. The predicted molar refractivity (Wildman–Crippen MR) is 119 cm³/mol. The van der Waals surface area contributed by atoms with Crippen molar-refractivity contribution in [3.05, 3.63) is 13.2 Å². The molecular weight excluding hydrogens is 399 g/mol. The number of halogens is 2. The number of amides is 1. The number of hydrogen-bond donors (Lipinski definition) is 2. The smallest absolute Gasteiger partial charge is 0.246 e.